The van der Waals surface area contributed by atoms with Crippen LogP contribution in [0.3, 0.4) is 0 Å². The number of piperazine rings is 1. The molecule has 1 aromatic heterocycles. The van der Waals surface area contributed by atoms with E-state index in [2.05, 4.69) is 26.9 Å². The van der Waals surface area contributed by atoms with E-state index in [9.17, 15) is 0 Å². The molecule has 0 saturated carbocycles. The predicted molar refractivity (Wildman–Crippen MR) is 89.9 cm³/mol. The number of benzene rings is 1. The van der Waals surface area contributed by atoms with Crippen molar-refractivity contribution in [2.75, 3.05) is 39.3 Å². The fourth-order valence-electron chi connectivity index (χ4n) is 2.85. The smallest absolute Gasteiger partial charge is 0.228 e. The first-order chi connectivity index (χ1) is 11.3. The third kappa shape index (κ3) is 4.16. The predicted octanol–water partition coefficient (Wildman–Crippen LogP) is 1.38. The Labute approximate surface area is 137 Å². The lowest BCUT2D eigenvalue weighted by molar-refractivity contribution is 0.136. The summed E-state index contributed by atoms with van der Waals surface area (Å²) in [5.74, 6) is 1.36. The number of nitrogens with two attached hydrogens (primary N) is 1. The fourth-order valence-corrected chi connectivity index (χ4v) is 2.85. The van der Waals surface area contributed by atoms with Gasteiger partial charge in [0.15, 0.2) is 0 Å². The molecule has 1 fully saturated rings. The number of likely N-dealkylation sites (N-methyl/N-ethyl adjacent to an activating group) is 1. The molecule has 0 spiro atoms. The molecule has 3 rings (SSSR count). The van der Waals surface area contributed by atoms with Crippen molar-refractivity contribution in [3.8, 4) is 11.4 Å². The largest absolute Gasteiger partial charge is 0.339 e. The van der Waals surface area contributed by atoms with Crippen LogP contribution in [0.1, 0.15) is 18.4 Å². The van der Waals surface area contributed by atoms with Crippen LogP contribution in [0.25, 0.3) is 11.4 Å². The number of hydrogen-bond acceptors (Lipinski definition) is 6. The van der Waals surface area contributed by atoms with Crippen LogP contribution in [0.15, 0.2) is 28.8 Å². The molecule has 124 valence electrons. The van der Waals surface area contributed by atoms with E-state index in [0.29, 0.717) is 18.3 Å². The lowest BCUT2D eigenvalue weighted by atomic mass is 10.1. The highest BCUT2D eigenvalue weighted by molar-refractivity contribution is 5.54. The highest BCUT2D eigenvalue weighted by atomic mass is 16.5. The Kier molecular flexibility index (Phi) is 5.38. The third-order valence-corrected chi connectivity index (χ3v) is 4.47. The Hall–Kier alpha value is -1.76. The Morgan fingerprint density at radius 3 is 2.43 bits per heavy atom. The van der Waals surface area contributed by atoms with Crippen molar-refractivity contribution in [3.63, 3.8) is 0 Å². The minimum absolute atomic E-state index is 0.545. The topological polar surface area (TPSA) is 71.4 Å². The average Bonchev–Trinajstić information content (AvgIpc) is 3.09. The van der Waals surface area contributed by atoms with Gasteiger partial charge in [0.2, 0.25) is 11.7 Å². The molecule has 2 N–H and O–H groups in total. The van der Waals surface area contributed by atoms with Crippen LogP contribution < -0.4 is 5.73 Å². The highest BCUT2D eigenvalue weighted by Gasteiger charge is 2.16. The van der Waals surface area contributed by atoms with Gasteiger partial charge in [0.1, 0.15) is 0 Å². The molecule has 0 unspecified atom stereocenters. The Morgan fingerprint density at radius 2 is 1.78 bits per heavy atom. The lowest BCUT2D eigenvalue weighted by Gasteiger charge is -2.33. The zero-order valence-corrected chi connectivity index (χ0v) is 13.7. The Morgan fingerprint density at radius 1 is 1.09 bits per heavy atom. The molecule has 2 heterocycles. The molecule has 2 aromatic rings. The Bertz CT molecular complexity index is 602. The third-order valence-electron chi connectivity index (χ3n) is 4.47. The van der Waals surface area contributed by atoms with Crippen LogP contribution in [0, 0.1) is 0 Å². The van der Waals surface area contributed by atoms with Crippen molar-refractivity contribution in [2.24, 2.45) is 5.73 Å². The minimum atomic E-state index is 0.545. The first-order valence-electron chi connectivity index (χ1n) is 8.35. The van der Waals surface area contributed by atoms with Crippen molar-refractivity contribution >= 4 is 0 Å². The second-order valence-corrected chi connectivity index (χ2v) is 5.94. The van der Waals surface area contributed by atoms with Crippen molar-refractivity contribution in [1.29, 1.82) is 0 Å². The monoisotopic (exact) mass is 315 g/mol. The Balaban J connectivity index is 1.53. The maximum atomic E-state index is 5.61. The van der Waals surface area contributed by atoms with Gasteiger partial charge in [-0.15, -0.1) is 0 Å². The van der Waals surface area contributed by atoms with Crippen molar-refractivity contribution in [3.05, 3.63) is 35.7 Å². The summed E-state index contributed by atoms with van der Waals surface area (Å²) >= 11 is 0. The molecular weight excluding hydrogens is 290 g/mol. The zero-order chi connectivity index (χ0) is 16.1. The van der Waals surface area contributed by atoms with E-state index in [1.165, 1.54) is 0 Å². The molecule has 1 aromatic carbocycles. The molecule has 0 atom stereocenters. The molecule has 0 aliphatic carbocycles. The van der Waals surface area contributed by atoms with Gasteiger partial charge in [0, 0.05) is 51.3 Å². The van der Waals surface area contributed by atoms with E-state index in [-0.39, 0.29) is 0 Å². The van der Waals surface area contributed by atoms with Gasteiger partial charge in [-0.2, -0.15) is 4.98 Å². The van der Waals surface area contributed by atoms with Crippen LogP contribution in [-0.2, 0) is 13.0 Å². The molecule has 0 radical (unpaired) electrons. The zero-order valence-electron chi connectivity index (χ0n) is 13.7. The quantitative estimate of drug-likeness (QED) is 0.868. The molecular formula is C17H25N5O. The lowest BCUT2D eigenvalue weighted by Crippen LogP contribution is -2.46. The first kappa shape index (κ1) is 16.1. The molecule has 23 heavy (non-hydrogen) atoms. The van der Waals surface area contributed by atoms with Gasteiger partial charge >= 0.3 is 0 Å². The summed E-state index contributed by atoms with van der Waals surface area (Å²) in [5.41, 5.74) is 7.68. The van der Waals surface area contributed by atoms with Gasteiger partial charge in [-0.25, -0.2) is 0 Å². The first-order valence-corrected chi connectivity index (χ1v) is 8.35. The molecule has 0 amide bonds. The SMILES string of the molecule is CCN1CCN(CCc2nc(-c3ccc(CN)cc3)no2)CC1. The molecule has 1 saturated heterocycles. The van der Waals surface area contributed by atoms with Crippen LogP contribution in [0.5, 0.6) is 0 Å². The summed E-state index contributed by atoms with van der Waals surface area (Å²) in [7, 11) is 0. The number of rotatable bonds is 6. The normalized spacial score (nSPS) is 16.8. The summed E-state index contributed by atoms with van der Waals surface area (Å²) in [6, 6.07) is 7.97. The van der Waals surface area contributed by atoms with Crippen LogP contribution >= 0.6 is 0 Å². The van der Waals surface area contributed by atoms with Gasteiger partial charge in [-0.1, -0.05) is 36.3 Å². The van der Waals surface area contributed by atoms with E-state index in [4.69, 9.17) is 10.3 Å². The van der Waals surface area contributed by atoms with E-state index in [1.807, 2.05) is 24.3 Å². The van der Waals surface area contributed by atoms with Crippen molar-refractivity contribution in [2.45, 2.75) is 19.9 Å². The number of nitrogens with zero attached hydrogens (tertiary/aromatic N) is 4. The summed E-state index contributed by atoms with van der Waals surface area (Å²) in [6.07, 6.45) is 0.806. The van der Waals surface area contributed by atoms with Gasteiger partial charge in [0.25, 0.3) is 0 Å². The van der Waals surface area contributed by atoms with E-state index in [0.717, 1.165) is 56.8 Å². The molecule has 1 aliphatic heterocycles. The van der Waals surface area contributed by atoms with Crippen LogP contribution in [0.4, 0.5) is 0 Å². The van der Waals surface area contributed by atoms with E-state index < -0.39 is 0 Å². The van der Waals surface area contributed by atoms with Crippen molar-refractivity contribution in [1.82, 2.24) is 19.9 Å². The van der Waals surface area contributed by atoms with Crippen molar-refractivity contribution < 1.29 is 4.52 Å². The highest BCUT2D eigenvalue weighted by Crippen LogP contribution is 2.17. The van der Waals surface area contributed by atoms with Crippen LogP contribution in [-0.4, -0.2) is 59.2 Å². The van der Waals surface area contributed by atoms with Gasteiger partial charge in [-0.3, -0.25) is 0 Å². The molecule has 6 nitrogen and oxygen atoms in total. The summed E-state index contributed by atoms with van der Waals surface area (Å²) in [6.45, 7) is 9.43. The second-order valence-electron chi connectivity index (χ2n) is 5.94. The van der Waals surface area contributed by atoms with E-state index in [1.54, 1.807) is 0 Å². The number of aromatic nitrogens is 2. The average molecular weight is 315 g/mol. The summed E-state index contributed by atoms with van der Waals surface area (Å²) in [5, 5.41) is 4.09. The summed E-state index contributed by atoms with van der Waals surface area (Å²) < 4.78 is 5.39. The van der Waals surface area contributed by atoms with Gasteiger partial charge < -0.3 is 20.1 Å². The molecule has 1 aliphatic rings. The number of hydrogen-bond donors (Lipinski definition) is 1. The standard InChI is InChI=1S/C17H25N5O/c1-2-21-9-11-22(12-10-21)8-7-16-19-17(20-23-16)15-5-3-14(13-18)4-6-15/h3-6H,2,7-13,18H2,1H3. The molecule has 6 heteroatoms. The fraction of sp³-hybridized carbons (Fsp3) is 0.529. The minimum Gasteiger partial charge on any atom is -0.339 e. The van der Waals surface area contributed by atoms with E-state index >= 15 is 0 Å². The van der Waals surface area contributed by atoms with Crippen LogP contribution in [0.2, 0.25) is 0 Å². The summed E-state index contributed by atoms with van der Waals surface area (Å²) in [4.78, 5) is 9.45. The maximum Gasteiger partial charge on any atom is 0.228 e. The molecule has 0 bridgehead atoms. The second kappa shape index (κ2) is 7.68. The maximum absolute atomic E-state index is 5.61. The van der Waals surface area contributed by atoms with Gasteiger partial charge in [0.05, 0.1) is 0 Å². The van der Waals surface area contributed by atoms with Gasteiger partial charge in [-0.05, 0) is 12.1 Å².